The van der Waals surface area contributed by atoms with E-state index >= 15 is 0 Å². The van der Waals surface area contributed by atoms with Gasteiger partial charge in [0.05, 0.1) is 13.6 Å². The number of hydrogen-bond donors (Lipinski definition) is 1. The van der Waals surface area contributed by atoms with Gasteiger partial charge in [0.25, 0.3) is 0 Å². The first-order chi connectivity index (χ1) is 10.6. The average molecular weight is 291 g/mol. The molecule has 1 N–H and O–H groups in total. The molecule has 1 aliphatic heterocycles. The van der Waals surface area contributed by atoms with Gasteiger partial charge in [0.1, 0.15) is 13.1 Å². The smallest absolute Gasteiger partial charge is 0.107 e. The first-order valence-electron chi connectivity index (χ1n) is 8.11. The average Bonchev–Trinajstić information content (AvgIpc) is 2.85. The Bertz CT molecular complexity index is 816. The van der Waals surface area contributed by atoms with E-state index in [1.165, 1.54) is 39.8 Å². The number of nitrogens with zero attached hydrogens (tertiary/aromatic N) is 1. The van der Waals surface area contributed by atoms with Crippen LogP contribution in [0.1, 0.15) is 22.4 Å². The van der Waals surface area contributed by atoms with E-state index in [0.717, 1.165) is 24.0 Å². The van der Waals surface area contributed by atoms with Crippen molar-refractivity contribution in [3.05, 3.63) is 70.9 Å². The van der Waals surface area contributed by atoms with E-state index in [9.17, 15) is 0 Å². The van der Waals surface area contributed by atoms with E-state index in [-0.39, 0.29) is 0 Å². The van der Waals surface area contributed by atoms with Gasteiger partial charge in [-0.1, -0.05) is 42.0 Å². The lowest BCUT2D eigenvalue weighted by Crippen LogP contribution is -2.46. The summed E-state index contributed by atoms with van der Waals surface area (Å²) in [6.45, 7) is 5.61. The minimum Gasteiger partial charge on any atom is -0.358 e. The maximum Gasteiger partial charge on any atom is 0.107 e. The van der Waals surface area contributed by atoms with Crippen LogP contribution in [0.4, 0.5) is 0 Å². The standard InChI is InChI=1S/C20H23N2/c1-15-8-9-19-17(12-15)18-14-22(2,11-10-20(18)21-19)13-16-6-4-3-5-7-16/h3-9,12,21H,10-11,13-14H2,1-2H3/q+1/t22-/m0/s1. The third kappa shape index (κ3) is 2.34. The number of aromatic nitrogens is 1. The molecular formula is C20H23N2+. The lowest BCUT2D eigenvalue weighted by molar-refractivity contribution is -0.937. The molecule has 2 heterocycles. The van der Waals surface area contributed by atoms with E-state index in [1.807, 2.05) is 0 Å². The van der Waals surface area contributed by atoms with Crippen molar-refractivity contribution in [2.24, 2.45) is 0 Å². The van der Waals surface area contributed by atoms with Crippen molar-refractivity contribution in [1.29, 1.82) is 0 Å². The second-order valence-electron chi connectivity index (χ2n) is 7.03. The normalized spacial score (nSPS) is 21.0. The Morgan fingerprint density at radius 1 is 1.09 bits per heavy atom. The maximum absolute atomic E-state index is 3.63. The fourth-order valence-corrected chi connectivity index (χ4v) is 3.81. The zero-order valence-electron chi connectivity index (χ0n) is 13.4. The Kier molecular flexibility index (Phi) is 3.08. The zero-order chi connectivity index (χ0) is 15.2. The van der Waals surface area contributed by atoms with Crippen LogP contribution in [-0.2, 0) is 19.5 Å². The number of fused-ring (bicyclic) bond motifs is 3. The number of aromatic amines is 1. The molecule has 0 amide bonds. The van der Waals surface area contributed by atoms with Gasteiger partial charge in [0, 0.05) is 34.1 Å². The van der Waals surface area contributed by atoms with Gasteiger partial charge in [-0.15, -0.1) is 0 Å². The molecule has 0 spiro atoms. The molecule has 0 saturated carbocycles. The lowest BCUT2D eigenvalue weighted by Gasteiger charge is -2.38. The zero-order valence-corrected chi connectivity index (χ0v) is 13.4. The molecule has 0 saturated heterocycles. The van der Waals surface area contributed by atoms with Crippen molar-refractivity contribution >= 4 is 10.9 Å². The number of aryl methyl sites for hydroxylation is 1. The van der Waals surface area contributed by atoms with E-state index in [2.05, 4.69) is 67.5 Å². The van der Waals surface area contributed by atoms with Crippen LogP contribution in [0.2, 0.25) is 0 Å². The van der Waals surface area contributed by atoms with Gasteiger partial charge in [0.15, 0.2) is 0 Å². The van der Waals surface area contributed by atoms with Gasteiger partial charge in [-0.3, -0.25) is 0 Å². The lowest BCUT2D eigenvalue weighted by atomic mass is 10.0. The summed E-state index contributed by atoms with van der Waals surface area (Å²) in [5, 5.41) is 1.42. The highest BCUT2D eigenvalue weighted by Crippen LogP contribution is 2.32. The second kappa shape index (κ2) is 4.99. The highest BCUT2D eigenvalue weighted by molar-refractivity contribution is 5.85. The third-order valence-electron chi connectivity index (χ3n) is 5.00. The van der Waals surface area contributed by atoms with Crippen LogP contribution in [0.15, 0.2) is 48.5 Å². The molecule has 112 valence electrons. The van der Waals surface area contributed by atoms with Crippen molar-refractivity contribution in [2.75, 3.05) is 13.6 Å². The van der Waals surface area contributed by atoms with Crippen molar-refractivity contribution in [3.63, 3.8) is 0 Å². The van der Waals surface area contributed by atoms with Gasteiger partial charge < -0.3 is 9.47 Å². The molecule has 1 atom stereocenters. The topological polar surface area (TPSA) is 15.8 Å². The van der Waals surface area contributed by atoms with Crippen LogP contribution >= 0.6 is 0 Å². The molecule has 4 rings (SSSR count). The van der Waals surface area contributed by atoms with Crippen LogP contribution in [0.25, 0.3) is 10.9 Å². The van der Waals surface area contributed by atoms with Crippen LogP contribution < -0.4 is 0 Å². The SMILES string of the molecule is Cc1ccc2[nH]c3c(c2c1)C[N@+](C)(Cc1ccccc1)CC3. The first kappa shape index (κ1) is 13.6. The van der Waals surface area contributed by atoms with Crippen LogP contribution in [0, 0.1) is 6.92 Å². The summed E-state index contributed by atoms with van der Waals surface area (Å²) in [4.78, 5) is 3.63. The summed E-state index contributed by atoms with van der Waals surface area (Å²) in [5.74, 6) is 0. The van der Waals surface area contributed by atoms with E-state index < -0.39 is 0 Å². The number of likely N-dealkylation sites (N-methyl/N-ethyl adjacent to an activating group) is 1. The molecule has 1 aliphatic rings. The Balaban J connectivity index is 1.70. The number of hydrogen-bond acceptors (Lipinski definition) is 0. The highest BCUT2D eigenvalue weighted by atomic mass is 15.3. The van der Waals surface area contributed by atoms with Crippen molar-refractivity contribution in [1.82, 2.24) is 4.98 Å². The fourth-order valence-electron chi connectivity index (χ4n) is 3.81. The number of benzene rings is 2. The Labute approximate surface area is 132 Å². The number of nitrogens with one attached hydrogen (secondary N) is 1. The molecule has 0 bridgehead atoms. The Morgan fingerprint density at radius 3 is 2.73 bits per heavy atom. The summed E-state index contributed by atoms with van der Waals surface area (Å²) in [6.07, 6.45) is 1.15. The molecule has 2 nitrogen and oxygen atoms in total. The van der Waals surface area contributed by atoms with Gasteiger partial charge in [0.2, 0.25) is 0 Å². The monoisotopic (exact) mass is 291 g/mol. The summed E-state index contributed by atoms with van der Waals surface area (Å²) in [7, 11) is 2.39. The van der Waals surface area contributed by atoms with Gasteiger partial charge in [-0.2, -0.15) is 0 Å². The highest BCUT2D eigenvalue weighted by Gasteiger charge is 2.31. The number of quaternary nitrogens is 1. The summed E-state index contributed by atoms with van der Waals surface area (Å²) >= 11 is 0. The predicted octanol–water partition coefficient (Wildman–Crippen LogP) is 4.18. The largest absolute Gasteiger partial charge is 0.358 e. The minimum atomic E-state index is 1.10. The third-order valence-corrected chi connectivity index (χ3v) is 5.00. The second-order valence-corrected chi connectivity index (χ2v) is 7.03. The quantitative estimate of drug-likeness (QED) is 0.682. The van der Waals surface area contributed by atoms with Gasteiger partial charge >= 0.3 is 0 Å². The molecule has 22 heavy (non-hydrogen) atoms. The number of rotatable bonds is 2. The van der Waals surface area contributed by atoms with E-state index in [0.29, 0.717) is 0 Å². The Morgan fingerprint density at radius 2 is 1.91 bits per heavy atom. The maximum atomic E-state index is 3.63. The Hall–Kier alpha value is -2.06. The molecule has 0 aliphatic carbocycles. The molecule has 1 aromatic heterocycles. The van der Waals surface area contributed by atoms with E-state index in [1.54, 1.807) is 0 Å². The predicted molar refractivity (Wildman–Crippen MR) is 91.6 cm³/mol. The van der Waals surface area contributed by atoms with Gasteiger partial charge in [-0.25, -0.2) is 0 Å². The van der Waals surface area contributed by atoms with Crippen LogP contribution in [0.3, 0.4) is 0 Å². The molecule has 0 radical (unpaired) electrons. The molecular weight excluding hydrogens is 268 g/mol. The molecule has 2 aromatic carbocycles. The summed E-state index contributed by atoms with van der Waals surface area (Å²) in [5.41, 5.74) is 7.05. The van der Waals surface area contributed by atoms with E-state index in [4.69, 9.17) is 0 Å². The molecule has 0 fully saturated rings. The van der Waals surface area contributed by atoms with Crippen molar-refractivity contribution in [3.8, 4) is 0 Å². The molecule has 2 heteroatoms. The number of H-pyrrole nitrogens is 1. The molecule has 0 unspecified atom stereocenters. The first-order valence-corrected chi connectivity index (χ1v) is 8.11. The summed E-state index contributed by atoms with van der Waals surface area (Å²) < 4.78 is 1.10. The van der Waals surface area contributed by atoms with Crippen LogP contribution in [-0.4, -0.2) is 23.1 Å². The van der Waals surface area contributed by atoms with Crippen molar-refractivity contribution < 1.29 is 4.48 Å². The summed E-state index contributed by atoms with van der Waals surface area (Å²) in [6, 6.07) is 17.6. The van der Waals surface area contributed by atoms with Gasteiger partial charge in [-0.05, 0) is 19.1 Å². The van der Waals surface area contributed by atoms with Crippen molar-refractivity contribution in [2.45, 2.75) is 26.4 Å². The molecule has 3 aromatic rings. The fraction of sp³-hybridized carbons (Fsp3) is 0.300. The minimum absolute atomic E-state index is 1.10. The van der Waals surface area contributed by atoms with Crippen LogP contribution in [0.5, 0.6) is 0 Å².